The van der Waals surface area contributed by atoms with Gasteiger partial charge in [-0.1, -0.05) is 6.07 Å². The molecule has 16 heavy (non-hydrogen) atoms. The molecule has 0 saturated carbocycles. The molecule has 86 valence electrons. The number of rotatable bonds is 1. The van der Waals surface area contributed by atoms with Crippen molar-refractivity contribution in [2.75, 3.05) is 6.54 Å². The largest absolute Gasteiger partial charge is 0.508 e. The monoisotopic (exact) mass is 217 g/mol. The van der Waals surface area contributed by atoms with Crippen LogP contribution in [-0.4, -0.2) is 22.6 Å². The summed E-state index contributed by atoms with van der Waals surface area (Å²) in [5.74, 6) is 0.411. The smallest absolute Gasteiger partial charge is 0.115 e. The first-order valence-electron chi connectivity index (χ1n) is 6.33. The Morgan fingerprint density at radius 2 is 2.19 bits per heavy atom. The van der Waals surface area contributed by atoms with E-state index < -0.39 is 0 Å². The molecule has 1 aromatic carbocycles. The maximum Gasteiger partial charge on any atom is 0.115 e. The zero-order chi connectivity index (χ0) is 11.1. The van der Waals surface area contributed by atoms with Crippen molar-refractivity contribution in [2.45, 2.75) is 44.7 Å². The minimum absolute atomic E-state index is 0.411. The summed E-state index contributed by atoms with van der Waals surface area (Å²) < 4.78 is 0. The summed E-state index contributed by atoms with van der Waals surface area (Å²) in [6.45, 7) is 3.58. The Hall–Kier alpha value is -1.02. The summed E-state index contributed by atoms with van der Waals surface area (Å²) in [6.07, 6.45) is 5.02. The number of benzene rings is 1. The van der Waals surface area contributed by atoms with E-state index in [4.69, 9.17) is 0 Å². The Balaban J connectivity index is 1.91. The number of likely N-dealkylation sites (tertiary alicyclic amines) is 1. The van der Waals surface area contributed by atoms with Gasteiger partial charge in [0.1, 0.15) is 5.75 Å². The van der Waals surface area contributed by atoms with Crippen LogP contribution < -0.4 is 0 Å². The number of phenolic OH excluding ortho intramolecular Hbond substituents is 1. The maximum atomic E-state index is 9.49. The Morgan fingerprint density at radius 3 is 2.94 bits per heavy atom. The van der Waals surface area contributed by atoms with Gasteiger partial charge < -0.3 is 5.11 Å². The molecule has 1 aliphatic carbocycles. The Labute approximate surface area is 96.9 Å². The molecule has 0 spiro atoms. The highest BCUT2D eigenvalue weighted by Gasteiger charge is 2.33. The maximum absolute atomic E-state index is 9.49. The van der Waals surface area contributed by atoms with Gasteiger partial charge in [0.25, 0.3) is 0 Å². The first-order valence-corrected chi connectivity index (χ1v) is 6.33. The molecule has 1 N–H and O–H groups in total. The number of aryl methyl sites for hydroxylation is 1. The van der Waals surface area contributed by atoms with Gasteiger partial charge in [0.05, 0.1) is 0 Å². The molecular formula is C14H19NO. The van der Waals surface area contributed by atoms with Gasteiger partial charge in [-0.15, -0.1) is 0 Å². The van der Waals surface area contributed by atoms with E-state index in [1.165, 1.54) is 36.9 Å². The van der Waals surface area contributed by atoms with Crippen LogP contribution in [0.2, 0.25) is 0 Å². The molecule has 1 fully saturated rings. The number of aromatic hydroxyl groups is 1. The van der Waals surface area contributed by atoms with Crippen molar-refractivity contribution < 1.29 is 5.11 Å². The molecule has 0 aromatic heterocycles. The third-order valence-electron chi connectivity index (χ3n) is 4.18. The van der Waals surface area contributed by atoms with E-state index in [1.54, 1.807) is 0 Å². The summed E-state index contributed by atoms with van der Waals surface area (Å²) in [5, 5.41) is 9.49. The highest BCUT2D eigenvalue weighted by molar-refractivity contribution is 5.40. The fraction of sp³-hybridized carbons (Fsp3) is 0.571. The number of hydrogen-bond donors (Lipinski definition) is 1. The van der Waals surface area contributed by atoms with E-state index in [1.807, 2.05) is 12.1 Å². The van der Waals surface area contributed by atoms with Gasteiger partial charge in [-0.25, -0.2) is 0 Å². The molecule has 2 nitrogen and oxygen atoms in total. The minimum Gasteiger partial charge on any atom is -0.508 e. The molecule has 2 atom stereocenters. The van der Waals surface area contributed by atoms with Crippen LogP contribution in [-0.2, 0) is 6.42 Å². The third-order valence-corrected chi connectivity index (χ3v) is 4.18. The average Bonchev–Trinajstić information content (AvgIpc) is 2.83. The van der Waals surface area contributed by atoms with Crippen molar-refractivity contribution in [2.24, 2.45) is 0 Å². The van der Waals surface area contributed by atoms with Crippen LogP contribution in [0.5, 0.6) is 5.75 Å². The van der Waals surface area contributed by atoms with Gasteiger partial charge >= 0.3 is 0 Å². The summed E-state index contributed by atoms with van der Waals surface area (Å²) in [4.78, 5) is 2.64. The van der Waals surface area contributed by atoms with Gasteiger partial charge in [-0.2, -0.15) is 0 Å². The number of nitrogens with zero attached hydrogens (tertiary/aromatic N) is 1. The molecule has 0 bridgehead atoms. The van der Waals surface area contributed by atoms with Crippen molar-refractivity contribution in [1.29, 1.82) is 0 Å². The number of fused-ring (bicyclic) bond motifs is 1. The normalized spacial score (nSPS) is 29.6. The molecule has 0 amide bonds. The zero-order valence-corrected chi connectivity index (χ0v) is 9.82. The van der Waals surface area contributed by atoms with Crippen molar-refractivity contribution in [3.63, 3.8) is 0 Å². The lowest BCUT2D eigenvalue weighted by Gasteiger charge is -2.29. The van der Waals surface area contributed by atoms with Crippen molar-refractivity contribution in [3.8, 4) is 5.75 Å². The molecule has 2 aliphatic rings. The van der Waals surface area contributed by atoms with E-state index in [-0.39, 0.29) is 0 Å². The summed E-state index contributed by atoms with van der Waals surface area (Å²) in [7, 11) is 0. The number of phenols is 1. The van der Waals surface area contributed by atoms with Gasteiger partial charge in [0, 0.05) is 12.1 Å². The van der Waals surface area contributed by atoms with Crippen molar-refractivity contribution in [1.82, 2.24) is 4.90 Å². The SMILES string of the molecule is CC1CCCN1C1CCc2cc(O)ccc21. The molecule has 1 saturated heterocycles. The predicted octanol–water partition coefficient (Wildman–Crippen LogP) is 2.86. The van der Waals surface area contributed by atoms with E-state index in [0.29, 0.717) is 11.8 Å². The first-order chi connectivity index (χ1) is 7.75. The van der Waals surface area contributed by atoms with Crippen molar-refractivity contribution in [3.05, 3.63) is 29.3 Å². The van der Waals surface area contributed by atoms with Crippen LogP contribution in [0.25, 0.3) is 0 Å². The fourth-order valence-electron chi connectivity index (χ4n) is 3.34. The molecule has 2 unspecified atom stereocenters. The second-order valence-corrected chi connectivity index (χ2v) is 5.17. The third kappa shape index (κ3) is 1.52. The lowest BCUT2D eigenvalue weighted by molar-refractivity contribution is 0.190. The Kier molecular flexibility index (Phi) is 2.40. The van der Waals surface area contributed by atoms with E-state index >= 15 is 0 Å². The van der Waals surface area contributed by atoms with Crippen LogP contribution in [0.3, 0.4) is 0 Å². The van der Waals surface area contributed by atoms with E-state index in [0.717, 1.165) is 12.5 Å². The quantitative estimate of drug-likeness (QED) is 0.782. The van der Waals surface area contributed by atoms with E-state index in [9.17, 15) is 5.11 Å². The topological polar surface area (TPSA) is 23.5 Å². The Bertz CT molecular complexity index is 402. The van der Waals surface area contributed by atoms with Gasteiger partial charge in [0.2, 0.25) is 0 Å². The molecule has 0 radical (unpaired) electrons. The van der Waals surface area contributed by atoms with Crippen LogP contribution >= 0.6 is 0 Å². The molecule has 1 aliphatic heterocycles. The summed E-state index contributed by atoms with van der Waals surface area (Å²) in [5.41, 5.74) is 2.80. The van der Waals surface area contributed by atoms with Gasteiger partial charge in [0.15, 0.2) is 0 Å². The average molecular weight is 217 g/mol. The molecule has 1 heterocycles. The van der Waals surface area contributed by atoms with Crippen LogP contribution in [0.15, 0.2) is 18.2 Å². The highest BCUT2D eigenvalue weighted by Crippen LogP contribution is 2.40. The zero-order valence-electron chi connectivity index (χ0n) is 9.82. The van der Waals surface area contributed by atoms with Crippen LogP contribution in [0.1, 0.15) is 43.4 Å². The predicted molar refractivity (Wildman–Crippen MR) is 64.6 cm³/mol. The van der Waals surface area contributed by atoms with E-state index in [2.05, 4.69) is 17.9 Å². The Morgan fingerprint density at radius 1 is 1.31 bits per heavy atom. The lowest BCUT2D eigenvalue weighted by Crippen LogP contribution is -2.30. The second-order valence-electron chi connectivity index (χ2n) is 5.17. The van der Waals surface area contributed by atoms with Gasteiger partial charge in [-0.3, -0.25) is 4.90 Å². The summed E-state index contributed by atoms with van der Waals surface area (Å²) >= 11 is 0. The summed E-state index contributed by atoms with van der Waals surface area (Å²) in [6, 6.07) is 7.22. The minimum atomic E-state index is 0.411. The molecule has 1 aromatic rings. The molecule has 2 heteroatoms. The second kappa shape index (κ2) is 3.77. The lowest BCUT2D eigenvalue weighted by atomic mass is 10.1. The molecular weight excluding hydrogens is 198 g/mol. The van der Waals surface area contributed by atoms with Crippen molar-refractivity contribution >= 4 is 0 Å². The van der Waals surface area contributed by atoms with Crippen LogP contribution in [0.4, 0.5) is 0 Å². The standard InChI is InChI=1S/C14H19NO/c1-10-3-2-8-15(10)14-7-4-11-9-12(16)5-6-13(11)14/h5-6,9-10,14,16H,2-4,7-8H2,1H3. The molecule has 3 rings (SSSR count). The highest BCUT2D eigenvalue weighted by atomic mass is 16.3. The first kappa shape index (κ1) is 10.2. The van der Waals surface area contributed by atoms with Crippen LogP contribution in [0, 0.1) is 0 Å². The fourth-order valence-corrected chi connectivity index (χ4v) is 3.34. The number of hydrogen-bond acceptors (Lipinski definition) is 2. The van der Waals surface area contributed by atoms with Gasteiger partial charge in [-0.05, 0) is 62.4 Å².